The van der Waals surface area contributed by atoms with Gasteiger partial charge >= 0.3 is 0 Å². The first-order chi connectivity index (χ1) is 9.72. The Balaban J connectivity index is 1.59. The highest BCUT2D eigenvalue weighted by atomic mass is 16.5. The first-order valence-electron chi connectivity index (χ1n) is 7.74. The van der Waals surface area contributed by atoms with E-state index in [1.54, 1.807) is 0 Å². The highest BCUT2D eigenvalue weighted by molar-refractivity contribution is 5.28. The van der Waals surface area contributed by atoms with Crippen LogP contribution >= 0.6 is 0 Å². The molecule has 2 N–H and O–H groups in total. The summed E-state index contributed by atoms with van der Waals surface area (Å²) in [4.78, 5) is 9.08. The second-order valence-corrected chi connectivity index (χ2v) is 6.19. The van der Waals surface area contributed by atoms with Gasteiger partial charge in [-0.3, -0.25) is 0 Å². The maximum absolute atomic E-state index is 6.19. The van der Waals surface area contributed by atoms with Gasteiger partial charge in [0.05, 0.1) is 0 Å². The summed E-state index contributed by atoms with van der Waals surface area (Å²) in [7, 11) is 2.14. The summed E-state index contributed by atoms with van der Waals surface area (Å²) in [6.45, 7) is 4.05. The summed E-state index contributed by atoms with van der Waals surface area (Å²) in [6, 6.07) is 0.294. The summed E-state index contributed by atoms with van der Waals surface area (Å²) < 4.78 is 5.42. The van der Waals surface area contributed by atoms with Crippen LogP contribution in [0.25, 0.3) is 0 Å². The zero-order chi connectivity index (χ0) is 13.9. The van der Waals surface area contributed by atoms with Gasteiger partial charge < -0.3 is 20.1 Å². The van der Waals surface area contributed by atoms with Crippen LogP contribution in [0.15, 0.2) is 4.52 Å². The number of nitrogens with zero attached hydrogens (tertiary/aromatic N) is 4. The van der Waals surface area contributed by atoms with Gasteiger partial charge in [-0.2, -0.15) is 4.98 Å². The van der Waals surface area contributed by atoms with Crippen molar-refractivity contribution < 1.29 is 4.52 Å². The third kappa shape index (κ3) is 3.12. The van der Waals surface area contributed by atoms with E-state index in [1.807, 2.05) is 0 Å². The molecule has 1 saturated heterocycles. The number of hydrogen-bond acceptors (Lipinski definition) is 6. The number of nitrogens with two attached hydrogens (primary N) is 1. The van der Waals surface area contributed by atoms with Crippen LogP contribution in [0, 0.1) is 5.92 Å². The summed E-state index contributed by atoms with van der Waals surface area (Å²) in [5, 5.41) is 4.14. The van der Waals surface area contributed by atoms with E-state index < -0.39 is 0 Å². The van der Waals surface area contributed by atoms with E-state index in [-0.39, 0.29) is 0 Å². The molecule has 1 aromatic rings. The van der Waals surface area contributed by atoms with Crippen LogP contribution in [0.2, 0.25) is 0 Å². The Hall–Kier alpha value is -1.14. The van der Waals surface area contributed by atoms with Gasteiger partial charge in [-0.05, 0) is 31.0 Å². The molecular weight excluding hydrogens is 254 g/mol. The third-order valence-corrected chi connectivity index (χ3v) is 4.65. The van der Waals surface area contributed by atoms with Crippen molar-refractivity contribution >= 4 is 5.95 Å². The monoisotopic (exact) mass is 279 g/mol. The maximum Gasteiger partial charge on any atom is 0.266 e. The molecule has 0 radical (unpaired) electrons. The Labute approximate surface area is 120 Å². The molecule has 2 heterocycles. The molecule has 1 aromatic heterocycles. The first-order valence-corrected chi connectivity index (χ1v) is 7.74. The predicted molar refractivity (Wildman–Crippen MR) is 77.6 cm³/mol. The molecule has 6 heteroatoms. The third-order valence-electron chi connectivity index (χ3n) is 4.65. The van der Waals surface area contributed by atoms with E-state index in [4.69, 9.17) is 10.3 Å². The van der Waals surface area contributed by atoms with Crippen molar-refractivity contribution in [1.82, 2.24) is 15.0 Å². The lowest BCUT2D eigenvalue weighted by Gasteiger charge is -2.31. The molecule has 2 aliphatic rings. The number of rotatable bonds is 3. The standard InChI is InChI=1S/C14H25N5O/c1-18-6-8-19(9-7-18)14-16-13(20-17-14)10-11-4-2-3-5-12(11)15/h11-12H,2-10,15H2,1H3. The molecule has 0 spiro atoms. The molecule has 1 aliphatic heterocycles. The molecular formula is C14H25N5O. The molecule has 0 aromatic carbocycles. The average molecular weight is 279 g/mol. The molecule has 2 unspecified atom stereocenters. The Kier molecular flexibility index (Phi) is 4.21. The zero-order valence-corrected chi connectivity index (χ0v) is 12.3. The van der Waals surface area contributed by atoms with Crippen LogP contribution in [0.1, 0.15) is 31.6 Å². The lowest BCUT2D eigenvalue weighted by molar-refractivity contribution is 0.272. The number of anilines is 1. The van der Waals surface area contributed by atoms with E-state index in [1.165, 1.54) is 19.3 Å². The van der Waals surface area contributed by atoms with Crippen molar-refractivity contribution in [3.05, 3.63) is 5.89 Å². The van der Waals surface area contributed by atoms with Crippen molar-refractivity contribution in [3.8, 4) is 0 Å². The van der Waals surface area contributed by atoms with Crippen LogP contribution in [-0.2, 0) is 6.42 Å². The van der Waals surface area contributed by atoms with E-state index in [9.17, 15) is 0 Å². The normalized spacial score (nSPS) is 28.8. The Morgan fingerprint density at radius 3 is 2.70 bits per heavy atom. The number of likely N-dealkylation sites (N-methyl/N-ethyl adjacent to an activating group) is 1. The highest BCUT2D eigenvalue weighted by Crippen LogP contribution is 2.26. The molecule has 0 bridgehead atoms. The molecule has 2 atom stereocenters. The molecule has 3 rings (SSSR count). The lowest BCUT2D eigenvalue weighted by Crippen LogP contribution is -2.44. The summed E-state index contributed by atoms with van der Waals surface area (Å²) >= 11 is 0. The fourth-order valence-corrected chi connectivity index (χ4v) is 3.18. The van der Waals surface area contributed by atoms with Crippen LogP contribution in [0.5, 0.6) is 0 Å². The molecule has 1 aliphatic carbocycles. The van der Waals surface area contributed by atoms with Gasteiger partial charge in [0.2, 0.25) is 5.89 Å². The molecule has 2 fully saturated rings. The molecule has 6 nitrogen and oxygen atoms in total. The fourth-order valence-electron chi connectivity index (χ4n) is 3.18. The van der Waals surface area contributed by atoms with Gasteiger partial charge in [0.15, 0.2) is 0 Å². The van der Waals surface area contributed by atoms with Crippen LogP contribution in [-0.4, -0.2) is 54.3 Å². The van der Waals surface area contributed by atoms with E-state index in [0.29, 0.717) is 12.0 Å². The number of piperazine rings is 1. The van der Waals surface area contributed by atoms with Crippen molar-refractivity contribution in [3.63, 3.8) is 0 Å². The maximum atomic E-state index is 6.19. The SMILES string of the molecule is CN1CCN(c2noc(CC3CCCCC3N)n2)CC1. The van der Waals surface area contributed by atoms with Gasteiger partial charge in [0.1, 0.15) is 0 Å². The van der Waals surface area contributed by atoms with Gasteiger partial charge in [-0.15, -0.1) is 0 Å². The van der Waals surface area contributed by atoms with Crippen molar-refractivity contribution in [2.24, 2.45) is 11.7 Å². The summed E-state index contributed by atoms with van der Waals surface area (Å²) in [5.74, 6) is 2.00. The van der Waals surface area contributed by atoms with E-state index >= 15 is 0 Å². The van der Waals surface area contributed by atoms with Gasteiger partial charge in [-0.25, -0.2) is 0 Å². The largest absolute Gasteiger partial charge is 0.337 e. The molecule has 0 amide bonds. The number of hydrogen-bond donors (Lipinski definition) is 1. The quantitative estimate of drug-likeness (QED) is 0.885. The molecule has 112 valence electrons. The Morgan fingerprint density at radius 2 is 1.95 bits per heavy atom. The van der Waals surface area contributed by atoms with Crippen molar-refractivity contribution in [1.29, 1.82) is 0 Å². The predicted octanol–water partition coefficient (Wildman–Crippen LogP) is 0.881. The first kappa shape index (κ1) is 13.8. The summed E-state index contributed by atoms with van der Waals surface area (Å²) in [6.07, 6.45) is 5.69. The Bertz CT molecular complexity index is 427. The zero-order valence-electron chi connectivity index (χ0n) is 12.3. The topological polar surface area (TPSA) is 71.4 Å². The molecule has 1 saturated carbocycles. The minimum Gasteiger partial charge on any atom is -0.337 e. The second-order valence-electron chi connectivity index (χ2n) is 6.19. The minimum absolute atomic E-state index is 0.294. The summed E-state index contributed by atoms with van der Waals surface area (Å²) in [5.41, 5.74) is 6.19. The second kappa shape index (κ2) is 6.10. The van der Waals surface area contributed by atoms with E-state index in [2.05, 4.69) is 27.0 Å². The van der Waals surface area contributed by atoms with Gasteiger partial charge in [0.25, 0.3) is 5.95 Å². The van der Waals surface area contributed by atoms with E-state index in [0.717, 1.165) is 50.9 Å². The molecule has 20 heavy (non-hydrogen) atoms. The van der Waals surface area contributed by atoms with Crippen molar-refractivity contribution in [2.45, 2.75) is 38.1 Å². The minimum atomic E-state index is 0.294. The Morgan fingerprint density at radius 1 is 1.20 bits per heavy atom. The van der Waals surface area contributed by atoms with Crippen LogP contribution < -0.4 is 10.6 Å². The average Bonchev–Trinajstić information content (AvgIpc) is 2.91. The van der Waals surface area contributed by atoms with Gasteiger partial charge in [0, 0.05) is 38.6 Å². The highest BCUT2D eigenvalue weighted by Gasteiger charge is 2.25. The van der Waals surface area contributed by atoms with Crippen molar-refractivity contribution in [2.75, 3.05) is 38.1 Å². The van der Waals surface area contributed by atoms with Crippen LogP contribution in [0.3, 0.4) is 0 Å². The lowest BCUT2D eigenvalue weighted by atomic mass is 9.83. The fraction of sp³-hybridized carbons (Fsp3) is 0.857. The number of aromatic nitrogens is 2. The smallest absolute Gasteiger partial charge is 0.266 e. The van der Waals surface area contributed by atoms with Gasteiger partial charge in [-0.1, -0.05) is 12.8 Å². The van der Waals surface area contributed by atoms with Crippen LogP contribution in [0.4, 0.5) is 5.95 Å².